The highest BCUT2D eigenvalue weighted by atomic mass is 14.3. The van der Waals surface area contributed by atoms with E-state index in [-0.39, 0.29) is 0 Å². The zero-order valence-electron chi connectivity index (χ0n) is 26.3. The van der Waals surface area contributed by atoms with Crippen LogP contribution in [0.3, 0.4) is 0 Å². The summed E-state index contributed by atoms with van der Waals surface area (Å²) in [5.41, 5.74) is 15.2. The Kier molecular flexibility index (Phi) is 5.98. The lowest BCUT2D eigenvalue weighted by molar-refractivity contribution is 1.59. The summed E-state index contributed by atoms with van der Waals surface area (Å²) in [6.45, 7) is 0. The van der Waals surface area contributed by atoms with Crippen LogP contribution in [0.5, 0.6) is 0 Å². The first-order valence-electron chi connectivity index (χ1n) is 16.7. The topological polar surface area (TPSA) is 0 Å². The summed E-state index contributed by atoms with van der Waals surface area (Å²) < 4.78 is 0. The Labute approximate surface area is 280 Å². The van der Waals surface area contributed by atoms with Gasteiger partial charge in [0.2, 0.25) is 0 Å². The van der Waals surface area contributed by atoms with E-state index < -0.39 is 0 Å². The first-order chi connectivity index (χ1) is 23.8. The summed E-state index contributed by atoms with van der Waals surface area (Å²) in [6, 6.07) is 67.1. The molecule has 0 fully saturated rings. The van der Waals surface area contributed by atoms with Gasteiger partial charge in [0, 0.05) is 0 Å². The third-order valence-electron chi connectivity index (χ3n) is 10.2. The van der Waals surface area contributed by atoms with E-state index >= 15 is 0 Å². The highest BCUT2D eigenvalue weighted by Gasteiger charge is 2.24. The van der Waals surface area contributed by atoms with Crippen LogP contribution in [0.25, 0.3) is 99.1 Å². The van der Waals surface area contributed by atoms with Gasteiger partial charge in [-0.3, -0.25) is 0 Å². The van der Waals surface area contributed by atoms with Crippen molar-refractivity contribution < 1.29 is 0 Å². The Morgan fingerprint density at radius 2 is 0.646 bits per heavy atom. The molecule has 9 aromatic rings. The maximum Gasteiger partial charge on any atom is -0.00201 e. The van der Waals surface area contributed by atoms with Crippen LogP contribution < -0.4 is 0 Å². The molecule has 0 aromatic heterocycles. The zero-order chi connectivity index (χ0) is 31.6. The Balaban J connectivity index is 1.31. The molecule has 0 atom stereocenters. The van der Waals surface area contributed by atoms with Gasteiger partial charge < -0.3 is 0 Å². The van der Waals surface area contributed by atoms with Gasteiger partial charge in [0.05, 0.1) is 0 Å². The van der Waals surface area contributed by atoms with E-state index in [0.717, 1.165) is 0 Å². The van der Waals surface area contributed by atoms with Gasteiger partial charge >= 0.3 is 0 Å². The average molecular weight is 607 g/mol. The van der Waals surface area contributed by atoms with Crippen LogP contribution in [-0.2, 0) is 0 Å². The van der Waals surface area contributed by atoms with Gasteiger partial charge in [-0.25, -0.2) is 0 Å². The van der Waals surface area contributed by atoms with Gasteiger partial charge in [-0.1, -0.05) is 176 Å². The molecule has 0 bridgehead atoms. The van der Waals surface area contributed by atoms with Crippen molar-refractivity contribution in [3.63, 3.8) is 0 Å². The van der Waals surface area contributed by atoms with Gasteiger partial charge in [0.15, 0.2) is 0 Å². The average Bonchev–Trinajstić information content (AvgIpc) is 3.28. The number of hydrogen-bond acceptors (Lipinski definition) is 0. The van der Waals surface area contributed by atoms with Crippen molar-refractivity contribution >= 4 is 32.3 Å². The fourth-order valence-corrected chi connectivity index (χ4v) is 8.17. The number of rotatable bonds is 3. The van der Waals surface area contributed by atoms with Crippen molar-refractivity contribution in [2.45, 2.75) is 0 Å². The van der Waals surface area contributed by atoms with Crippen LogP contribution in [0, 0.1) is 0 Å². The van der Waals surface area contributed by atoms with Crippen molar-refractivity contribution in [2.24, 2.45) is 0 Å². The molecule has 222 valence electrons. The van der Waals surface area contributed by atoms with Crippen LogP contribution in [0.1, 0.15) is 0 Å². The van der Waals surface area contributed by atoms with Crippen LogP contribution in [0.4, 0.5) is 0 Å². The van der Waals surface area contributed by atoms with E-state index in [1.54, 1.807) is 0 Å². The van der Waals surface area contributed by atoms with Gasteiger partial charge in [-0.15, -0.1) is 0 Å². The lowest BCUT2D eigenvalue weighted by Crippen LogP contribution is -1.93. The van der Waals surface area contributed by atoms with Crippen molar-refractivity contribution in [1.29, 1.82) is 0 Å². The summed E-state index contributed by atoms with van der Waals surface area (Å²) >= 11 is 0. The first kappa shape index (κ1) is 26.9. The van der Waals surface area contributed by atoms with Crippen molar-refractivity contribution in [3.05, 3.63) is 182 Å². The van der Waals surface area contributed by atoms with Crippen LogP contribution in [-0.4, -0.2) is 0 Å². The third kappa shape index (κ3) is 3.96. The van der Waals surface area contributed by atoms with Gasteiger partial charge in [0.25, 0.3) is 0 Å². The van der Waals surface area contributed by atoms with Crippen molar-refractivity contribution in [2.75, 3.05) is 0 Å². The highest BCUT2D eigenvalue weighted by Crippen LogP contribution is 2.52. The lowest BCUT2D eigenvalue weighted by Gasteiger charge is -2.20. The minimum atomic E-state index is 1.23. The lowest BCUT2D eigenvalue weighted by atomic mass is 9.83. The van der Waals surface area contributed by atoms with E-state index in [2.05, 4.69) is 182 Å². The summed E-state index contributed by atoms with van der Waals surface area (Å²) in [4.78, 5) is 0. The van der Waals surface area contributed by atoms with Crippen LogP contribution in [0.2, 0.25) is 0 Å². The molecule has 0 heteroatoms. The smallest absolute Gasteiger partial charge is 0.00201 e. The van der Waals surface area contributed by atoms with E-state index in [1.165, 1.54) is 99.1 Å². The monoisotopic (exact) mass is 606 g/mol. The molecule has 0 N–H and O–H groups in total. The molecule has 0 heterocycles. The van der Waals surface area contributed by atoms with E-state index in [1.807, 2.05) is 0 Å². The Morgan fingerprint density at radius 1 is 0.208 bits per heavy atom. The Bertz CT molecular complexity index is 2640. The quantitative estimate of drug-likeness (QED) is 0.176. The second-order valence-electron chi connectivity index (χ2n) is 12.8. The van der Waals surface area contributed by atoms with E-state index in [4.69, 9.17) is 0 Å². The first-order valence-corrected chi connectivity index (χ1v) is 16.7. The van der Waals surface area contributed by atoms with E-state index in [9.17, 15) is 0 Å². The third-order valence-corrected chi connectivity index (χ3v) is 10.2. The predicted octanol–water partition coefficient (Wildman–Crippen LogP) is 13.5. The minimum absolute atomic E-state index is 1.23. The second-order valence-corrected chi connectivity index (χ2v) is 12.8. The normalized spacial score (nSPS) is 11.8. The second kappa shape index (κ2) is 10.7. The largest absolute Gasteiger partial charge is 0.0622 e. The molecule has 48 heavy (non-hydrogen) atoms. The minimum Gasteiger partial charge on any atom is -0.0622 e. The Morgan fingerprint density at radius 3 is 1.31 bits per heavy atom. The molecule has 0 saturated carbocycles. The molecule has 0 nitrogen and oxygen atoms in total. The maximum absolute atomic E-state index is 2.39. The molecule has 0 radical (unpaired) electrons. The summed E-state index contributed by atoms with van der Waals surface area (Å²) in [7, 11) is 0. The summed E-state index contributed by atoms with van der Waals surface area (Å²) in [6.07, 6.45) is 0. The molecule has 1 aliphatic carbocycles. The summed E-state index contributed by atoms with van der Waals surface area (Å²) in [5, 5.41) is 7.70. The molecular formula is C48H30. The highest BCUT2D eigenvalue weighted by molar-refractivity contribution is 6.25. The Hall–Kier alpha value is -6.24. The molecule has 0 amide bonds. The van der Waals surface area contributed by atoms with E-state index in [0.29, 0.717) is 0 Å². The molecule has 10 rings (SSSR count). The summed E-state index contributed by atoms with van der Waals surface area (Å²) in [5.74, 6) is 0. The molecule has 1 aliphatic rings. The SMILES string of the molecule is c1ccc(-c2ccc3c(c2)-c2ccccc2-c2ccc(-c4c5ccccc5c(-c5ccccc5)c5ccccc45)c4cccc-3c24)cc1. The number of benzene rings is 9. The fourth-order valence-electron chi connectivity index (χ4n) is 8.17. The zero-order valence-corrected chi connectivity index (χ0v) is 26.3. The van der Waals surface area contributed by atoms with Crippen LogP contribution >= 0.6 is 0 Å². The molecular weight excluding hydrogens is 577 g/mol. The van der Waals surface area contributed by atoms with Crippen LogP contribution in [0.15, 0.2) is 182 Å². The van der Waals surface area contributed by atoms with Crippen molar-refractivity contribution in [1.82, 2.24) is 0 Å². The molecule has 0 unspecified atom stereocenters. The molecule has 0 spiro atoms. The molecule has 0 aliphatic heterocycles. The number of fused-ring (bicyclic) bond motifs is 7. The standard InChI is InChI=1S/C48H30/c1-3-14-31(15-4-1)33-26-27-36-37-24-13-25-42-44(29-28-43(47(37)42)34-18-7-8-19-35(34)45(36)30-33)48-40-22-11-9-20-38(40)46(32-16-5-2-6-17-32)39-21-10-12-23-41(39)48/h1-30H. The van der Waals surface area contributed by atoms with Crippen molar-refractivity contribution in [3.8, 4) is 66.8 Å². The molecule has 0 saturated heterocycles. The number of hydrogen-bond donors (Lipinski definition) is 0. The predicted molar refractivity (Wildman–Crippen MR) is 205 cm³/mol. The fraction of sp³-hybridized carbons (Fsp3) is 0. The van der Waals surface area contributed by atoms with Gasteiger partial charge in [0.1, 0.15) is 0 Å². The van der Waals surface area contributed by atoms with Gasteiger partial charge in [-0.05, 0) is 105 Å². The molecule has 9 aromatic carbocycles. The van der Waals surface area contributed by atoms with Gasteiger partial charge in [-0.2, -0.15) is 0 Å². The maximum atomic E-state index is 2.39.